The summed E-state index contributed by atoms with van der Waals surface area (Å²) in [6, 6.07) is 0. The van der Waals surface area contributed by atoms with Crippen molar-refractivity contribution in [1.29, 1.82) is 0 Å². The van der Waals surface area contributed by atoms with E-state index in [1.54, 1.807) is 9.80 Å². The standard InChI is InChI=1S/C13H25N3O4S/c1-3-4-5-6-16(21(2,19)20)11-13(18)15-9-7-14(12-17)8-10-15/h12H,3-11H2,1-2H3. The van der Waals surface area contributed by atoms with Gasteiger partial charge in [0.2, 0.25) is 22.3 Å². The molecule has 1 fully saturated rings. The van der Waals surface area contributed by atoms with Crippen LogP contribution in [0.3, 0.4) is 0 Å². The molecule has 1 rings (SSSR count). The summed E-state index contributed by atoms with van der Waals surface area (Å²) < 4.78 is 24.7. The Bertz CT molecular complexity index is 444. The Morgan fingerprint density at radius 3 is 2.29 bits per heavy atom. The van der Waals surface area contributed by atoms with Gasteiger partial charge in [0, 0.05) is 32.7 Å². The van der Waals surface area contributed by atoms with Crippen LogP contribution in [-0.2, 0) is 19.6 Å². The zero-order valence-corrected chi connectivity index (χ0v) is 13.6. The number of amides is 2. The molecule has 8 heteroatoms. The predicted octanol–water partition coefficient (Wildman–Crippen LogP) is -0.261. The molecular formula is C13H25N3O4S. The van der Waals surface area contributed by atoms with Gasteiger partial charge < -0.3 is 9.80 Å². The molecule has 1 aliphatic heterocycles. The quantitative estimate of drug-likeness (QED) is 0.456. The summed E-state index contributed by atoms with van der Waals surface area (Å²) in [6.07, 6.45) is 4.61. The van der Waals surface area contributed by atoms with Gasteiger partial charge in [0.15, 0.2) is 0 Å². The minimum absolute atomic E-state index is 0.108. The molecule has 0 saturated carbocycles. The highest BCUT2D eigenvalue weighted by Crippen LogP contribution is 2.06. The molecule has 0 aromatic rings. The molecule has 0 spiro atoms. The van der Waals surface area contributed by atoms with Crippen molar-refractivity contribution >= 4 is 22.3 Å². The lowest BCUT2D eigenvalue weighted by Gasteiger charge is -2.33. The number of nitrogens with zero attached hydrogens (tertiary/aromatic N) is 3. The first-order valence-electron chi connectivity index (χ1n) is 7.30. The maximum Gasteiger partial charge on any atom is 0.238 e. The van der Waals surface area contributed by atoms with E-state index in [9.17, 15) is 18.0 Å². The monoisotopic (exact) mass is 319 g/mol. The second kappa shape index (κ2) is 8.33. The molecule has 1 aliphatic rings. The van der Waals surface area contributed by atoms with E-state index < -0.39 is 10.0 Å². The van der Waals surface area contributed by atoms with Crippen molar-refractivity contribution in [3.8, 4) is 0 Å². The molecule has 0 N–H and O–H groups in total. The molecule has 0 aliphatic carbocycles. The van der Waals surface area contributed by atoms with Crippen LogP contribution in [0, 0.1) is 0 Å². The highest BCUT2D eigenvalue weighted by atomic mass is 32.2. The lowest BCUT2D eigenvalue weighted by Crippen LogP contribution is -2.51. The Hall–Kier alpha value is -1.15. The fourth-order valence-electron chi connectivity index (χ4n) is 2.23. The lowest BCUT2D eigenvalue weighted by atomic mass is 10.2. The smallest absolute Gasteiger partial charge is 0.238 e. The molecule has 2 amide bonds. The van der Waals surface area contributed by atoms with Crippen LogP contribution in [0.2, 0.25) is 0 Å². The van der Waals surface area contributed by atoms with Gasteiger partial charge in [-0.05, 0) is 6.42 Å². The number of sulfonamides is 1. The fraction of sp³-hybridized carbons (Fsp3) is 0.846. The molecule has 0 bridgehead atoms. The van der Waals surface area contributed by atoms with E-state index in [2.05, 4.69) is 0 Å². The first kappa shape index (κ1) is 17.9. The SMILES string of the molecule is CCCCCN(CC(=O)N1CCN(C=O)CC1)S(C)(=O)=O. The molecule has 21 heavy (non-hydrogen) atoms. The van der Waals surface area contributed by atoms with E-state index in [0.29, 0.717) is 32.7 Å². The molecule has 1 saturated heterocycles. The van der Waals surface area contributed by atoms with E-state index in [4.69, 9.17) is 0 Å². The average Bonchev–Trinajstić information content (AvgIpc) is 2.45. The Morgan fingerprint density at radius 2 is 1.81 bits per heavy atom. The van der Waals surface area contributed by atoms with E-state index in [-0.39, 0.29) is 12.5 Å². The van der Waals surface area contributed by atoms with Crippen LogP contribution >= 0.6 is 0 Å². The van der Waals surface area contributed by atoms with Crippen LogP contribution in [0.5, 0.6) is 0 Å². The minimum Gasteiger partial charge on any atom is -0.342 e. The van der Waals surface area contributed by atoms with Crippen molar-refractivity contribution in [2.75, 3.05) is 45.5 Å². The van der Waals surface area contributed by atoms with Crippen molar-refractivity contribution in [3.05, 3.63) is 0 Å². The van der Waals surface area contributed by atoms with Crippen LogP contribution in [0.4, 0.5) is 0 Å². The molecule has 0 aromatic heterocycles. The number of carbonyl (C=O) groups excluding carboxylic acids is 2. The molecule has 7 nitrogen and oxygen atoms in total. The molecule has 1 heterocycles. The number of piperazine rings is 1. The van der Waals surface area contributed by atoms with Gasteiger partial charge in [-0.25, -0.2) is 8.42 Å². The van der Waals surface area contributed by atoms with E-state index in [1.807, 2.05) is 6.92 Å². The molecule has 0 radical (unpaired) electrons. The third-order valence-corrected chi connectivity index (χ3v) is 4.86. The van der Waals surface area contributed by atoms with E-state index in [0.717, 1.165) is 31.9 Å². The van der Waals surface area contributed by atoms with Crippen LogP contribution < -0.4 is 0 Å². The third-order valence-electron chi connectivity index (χ3n) is 3.61. The second-order valence-electron chi connectivity index (χ2n) is 5.33. The molecular weight excluding hydrogens is 294 g/mol. The van der Waals surface area contributed by atoms with Gasteiger partial charge >= 0.3 is 0 Å². The molecule has 0 unspecified atom stereocenters. The highest BCUT2D eigenvalue weighted by Gasteiger charge is 2.25. The number of carbonyl (C=O) groups is 2. The Balaban J connectivity index is 2.54. The zero-order chi connectivity index (χ0) is 15.9. The summed E-state index contributed by atoms with van der Waals surface area (Å²) in [5.74, 6) is -0.192. The second-order valence-corrected chi connectivity index (χ2v) is 7.31. The topological polar surface area (TPSA) is 78.0 Å². The van der Waals surface area contributed by atoms with Gasteiger partial charge in [0.25, 0.3) is 0 Å². The van der Waals surface area contributed by atoms with E-state index in [1.165, 1.54) is 4.31 Å². The average molecular weight is 319 g/mol. The minimum atomic E-state index is -3.38. The maximum atomic E-state index is 12.2. The first-order valence-corrected chi connectivity index (χ1v) is 9.15. The van der Waals surface area contributed by atoms with Gasteiger partial charge in [-0.2, -0.15) is 4.31 Å². The maximum absolute atomic E-state index is 12.2. The van der Waals surface area contributed by atoms with Gasteiger partial charge in [-0.3, -0.25) is 9.59 Å². The summed E-state index contributed by atoms with van der Waals surface area (Å²) in [7, 11) is -3.38. The normalized spacial score (nSPS) is 16.3. The van der Waals surface area contributed by atoms with Crippen molar-refractivity contribution in [2.24, 2.45) is 0 Å². The Kier molecular flexibility index (Phi) is 7.10. The predicted molar refractivity (Wildman–Crippen MR) is 80.2 cm³/mol. The van der Waals surface area contributed by atoms with Crippen molar-refractivity contribution in [1.82, 2.24) is 14.1 Å². The highest BCUT2D eigenvalue weighted by molar-refractivity contribution is 7.88. The fourth-order valence-corrected chi connectivity index (χ4v) is 3.03. The first-order chi connectivity index (χ1) is 9.88. The summed E-state index contributed by atoms with van der Waals surface area (Å²) in [6.45, 7) is 4.25. The number of hydrogen-bond donors (Lipinski definition) is 0. The van der Waals surface area contributed by atoms with Gasteiger partial charge in [-0.1, -0.05) is 19.8 Å². The van der Waals surface area contributed by atoms with E-state index >= 15 is 0 Å². The van der Waals surface area contributed by atoms with Crippen molar-refractivity contribution in [3.63, 3.8) is 0 Å². The molecule has 122 valence electrons. The lowest BCUT2D eigenvalue weighted by molar-refractivity contribution is -0.135. The Morgan fingerprint density at radius 1 is 1.19 bits per heavy atom. The Labute approximate surface area is 126 Å². The molecule has 0 atom stereocenters. The van der Waals surface area contributed by atoms with Crippen LogP contribution in [0.15, 0.2) is 0 Å². The van der Waals surface area contributed by atoms with Gasteiger partial charge in [0.1, 0.15) is 0 Å². The van der Waals surface area contributed by atoms with Crippen LogP contribution in [0.25, 0.3) is 0 Å². The summed E-state index contributed by atoms with van der Waals surface area (Å²) in [5, 5.41) is 0. The zero-order valence-electron chi connectivity index (χ0n) is 12.8. The largest absolute Gasteiger partial charge is 0.342 e. The molecule has 0 aromatic carbocycles. The van der Waals surface area contributed by atoms with Crippen LogP contribution in [0.1, 0.15) is 26.2 Å². The number of rotatable bonds is 8. The van der Waals surface area contributed by atoms with Crippen molar-refractivity contribution in [2.45, 2.75) is 26.2 Å². The number of unbranched alkanes of at least 4 members (excludes halogenated alkanes) is 2. The summed E-state index contributed by atoms with van der Waals surface area (Å²) in [4.78, 5) is 26.1. The summed E-state index contributed by atoms with van der Waals surface area (Å²) >= 11 is 0. The number of hydrogen-bond acceptors (Lipinski definition) is 4. The summed E-state index contributed by atoms with van der Waals surface area (Å²) in [5.41, 5.74) is 0. The third kappa shape index (κ3) is 6.01. The van der Waals surface area contributed by atoms with Crippen molar-refractivity contribution < 1.29 is 18.0 Å². The van der Waals surface area contributed by atoms with Gasteiger partial charge in [-0.15, -0.1) is 0 Å². The van der Waals surface area contributed by atoms with Gasteiger partial charge in [0.05, 0.1) is 12.8 Å². The van der Waals surface area contributed by atoms with Crippen LogP contribution in [-0.4, -0.2) is 80.4 Å².